The molecule has 0 spiro atoms. The van der Waals surface area contributed by atoms with E-state index in [1.807, 2.05) is 42.5 Å². The van der Waals surface area contributed by atoms with Crippen molar-refractivity contribution in [1.29, 1.82) is 0 Å². The lowest BCUT2D eigenvalue weighted by molar-refractivity contribution is 0.102. The molecule has 1 heterocycles. The van der Waals surface area contributed by atoms with E-state index in [1.54, 1.807) is 0 Å². The van der Waals surface area contributed by atoms with Crippen LogP contribution in [-0.4, -0.2) is 5.91 Å². The van der Waals surface area contributed by atoms with E-state index in [1.165, 1.54) is 16.7 Å². The molecule has 3 unspecified atom stereocenters. The minimum absolute atomic E-state index is 0.0652. The molecule has 3 atom stereocenters. The topological polar surface area (TPSA) is 41.1 Å². The summed E-state index contributed by atoms with van der Waals surface area (Å²) in [5.41, 5.74) is 6.38. The first-order chi connectivity index (χ1) is 15.8. The maximum atomic E-state index is 12.9. The number of halogens is 1. The Morgan fingerprint density at radius 1 is 1.00 bits per heavy atom. The summed E-state index contributed by atoms with van der Waals surface area (Å²) < 4.78 is 0. The van der Waals surface area contributed by atoms with Gasteiger partial charge in [-0.15, -0.1) is 0 Å². The van der Waals surface area contributed by atoms with Crippen molar-refractivity contribution in [2.24, 2.45) is 5.92 Å². The quantitative estimate of drug-likeness (QED) is 0.396. The van der Waals surface area contributed by atoms with Crippen LogP contribution in [0.4, 0.5) is 11.4 Å². The largest absolute Gasteiger partial charge is 0.378 e. The van der Waals surface area contributed by atoms with Gasteiger partial charge >= 0.3 is 0 Å². The third-order valence-electron chi connectivity index (χ3n) is 6.86. The van der Waals surface area contributed by atoms with Crippen LogP contribution in [0, 0.1) is 5.92 Å². The van der Waals surface area contributed by atoms with Gasteiger partial charge in [0.25, 0.3) is 5.91 Å². The van der Waals surface area contributed by atoms with Gasteiger partial charge in [0.2, 0.25) is 0 Å². The molecule has 2 aliphatic rings. The van der Waals surface area contributed by atoms with Gasteiger partial charge in [-0.05, 0) is 76.9 Å². The van der Waals surface area contributed by atoms with Crippen molar-refractivity contribution < 1.29 is 4.79 Å². The van der Waals surface area contributed by atoms with E-state index in [2.05, 4.69) is 67.8 Å². The number of fused-ring (bicyclic) bond motifs is 3. The second-order valence-corrected chi connectivity index (χ2v) is 10.5. The molecular formula is C29H29ClN2O. The van der Waals surface area contributed by atoms with E-state index in [4.69, 9.17) is 11.6 Å². The first-order valence-corrected chi connectivity index (χ1v) is 11.9. The Bertz CT molecular complexity index is 1210. The van der Waals surface area contributed by atoms with Gasteiger partial charge in [-0.1, -0.05) is 68.8 Å². The van der Waals surface area contributed by atoms with Crippen molar-refractivity contribution in [2.75, 3.05) is 10.6 Å². The molecule has 0 aromatic heterocycles. The first-order valence-electron chi connectivity index (χ1n) is 11.5. The van der Waals surface area contributed by atoms with E-state index in [0.717, 1.165) is 22.8 Å². The lowest BCUT2D eigenvalue weighted by atomic mass is 9.77. The molecule has 3 aromatic carbocycles. The van der Waals surface area contributed by atoms with E-state index in [0.29, 0.717) is 17.4 Å². The number of carbonyl (C=O) groups is 1. The third-order valence-corrected chi connectivity index (χ3v) is 7.11. The maximum absolute atomic E-state index is 12.9. The number of benzene rings is 3. The molecule has 33 heavy (non-hydrogen) atoms. The zero-order valence-electron chi connectivity index (χ0n) is 19.2. The average Bonchev–Trinajstić information content (AvgIpc) is 3.29. The van der Waals surface area contributed by atoms with Crippen LogP contribution in [0.15, 0.2) is 78.9 Å². The van der Waals surface area contributed by atoms with Gasteiger partial charge in [-0.2, -0.15) is 0 Å². The lowest BCUT2D eigenvalue weighted by Gasteiger charge is -2.37. The Hall–Kier alpha value is -3.04. The number of hydrogen-bond donors (Lipinski definition) is 2. The van der Waals surface area contributed by atoms with Crippen molar-refractivity contribution in [2.45, 2.75) is 44.6 Å². The number of carbonyl (C=O) groups excluding carboxylic acids is 1. The third kappa shape index (κ3) is 4.30. The van der Waals surface area contributed by atoms with Crippen molar-refractivity contribution >= 4 is 28.9 Å². The fourth-order valence-electron chi connectivity index (χ4n) is 5.00. The molecule has 1 aliphatic heterocycles. The SMILES string of the molecule is CC(C)(C)c1ccc(C(=O)Nc2ccc3c(c2)C2C=CCC2C(c2ccc(Cl)cc2)N3)cc1. The highest BCUT2D eigenvalue weighted by Crippen LogP contribution is 2.50. The standard InChI is InChI=1S/C29H29ClN2O/c1-29(2,3)20-11-7-19(8-12-20)28(33)31-22-15-16-26-25(17-22)23-5-4-6-24(23)27(32-26)18-9-13-21(30)14-10-18/h4-5,7-17,23-24,27,32H,6H2,1-3H3,(H,31,33). The molecule has 1 amide bonds. The fraction of sp³-hybridized carbons (Fsp3) is 0.276. The fourth-order valence-corrected chi connectivity index (χ4v) is 5.12. The first kappa shape index (κ1) is 21.8. The maximum Gasteiger partial charge on any atom is 0.255 e. The van der Waals surface area contributed by atoms with Crippen LogP contribution in [0.2, 0.25) is 5.02 Å². The molecule has 2 N–H and O–H groups in total. The Kier molecular flexibility index (Phi) is 5.54. The molecule has 0 saturated heterocycles. The molecule has 0 saturated carbocycles. The van der Waals surface area contributed by atoms with E-state index >= 15 is 0 Å². The Balaban J connectivity index is 1.38. The second-order valence-electron chi connectivity index (χ2n) is 10.1. The van der Waals surface area contributed by atoms with Crippen molar-refractivity contribution in [3.8, 4) is 0 Å². The molecule has 0 radical (unpaired) electrons. The number of rotatable bonds is 3. The Morgan fingerprint density at radius 3 is 2.42 bits per heavy atom. The summed E-state index contributed by atoms with van der Waals surface area (Å²) in [5, 5.41) is 7.59. The molecule has 3 nitrogen and oxygen atoms in total. The van der Waals surface area contributed by atoms with Crippen LogP contribution in [0.1, 0.15) is 66.2 Å². The van der Waals surface area contributed by atoms with Gasteiger partial charge in [-0.3, -0.25) is 4.79 Å². The summed E-state index contributed by atoms with van der Waals surface area (Å²) in [6.07, 6.45) is 5.61. The summed E-state index contributed by atoms with van der Waals surface area (Å²) in [7, 11) is 0. The van der Waals surface area contributed by atoms with Crippen LogP contribution in [0.25, 0.3) is 0 Å². The van der Waals surface area contributed by atoms with Crippen molar-refractivity contribution in [3.05, 3.63) is 106 Å². The predicted octanol–water partition coefficient (Wildman–Crippen LogP) is 7.72. The molecular weight excluding hydrogens is 428 g/mol. The van der Waals surface area contributed by atoms with Gasteiger partial charge < -0.3 is 10.6 Å². The smallest absolute Gasteiger partial charge is 0.255 e. The Morgan fingerprint density at radius 2 is 1.73 bits per heavy atom. The molecule has 0 bridgehead atoms. The van der Waals surface area contributed by atoms with Gasteiger partial charge in [0.1, 0.15) is 0 Å². The highest BCUT2D eigenvalue weighted by Gasteiger charge is 2.38. The molecule has 4 heteroatoms. The highest BCUT2D eigenvalue weighted by atomic mass is 35.5. The van der Waals surface area contributed by atoms with Crippen LogP contribution in [-0.2, 0) is 5.41 Å². The number of hydrogen-bond acceptors (Lipinski definition) is 2. The molecule has 168 valence electrons. The van der Waals surface area contributed by atoms with Crippen molar-refractivity contribution in [1.82, 2.24) is 0 Å². The normalized spacial score (nSPS) is 21.2. The molecule has 5 rings (SSSR count). The van der Waals surface area contributed by atoms with E-state index in [-0.39, 0.29) is 17.4 Å². The summed E-state index contributed by atoms with van der Waals surface area (Å²) in [6, 6.07) is 22.4. The minimum atomic E-state index is -0.0864. The van der Waals surface area contributed by atoms with E-state index < -0.39 is 0 Å². The monoisotopic (exact) mass is 456 g/mol. The van der Waals surface area contributed by atoms with Gasteiger partial charge in [0.15, 0.2) is 0 Å². The molecule has 3 aromatic rings. The summed E-state index contributed by atoms with van der Waals surface area (Å²) in [4.78, 5) is 12.9. The second kappa shape index (κ2) is 8.39. The van der Waals surface area contributed by atoms with Crippen LogP contribution >= 0.6 is 11.6 Å². The number of anilines is 2. The highest BCUT2D eigenvalue weighted by molar-refractivity contribution is 6.30. The van der Waals surface area contributed by atoms with Gasteiger partial charge in [-0.25, -0.2) is 0 Å². The van der Waals surface area contributed by atoms with Gasteiger partial charge in [0, 0.05) is 27.9 Å². The predicted molar refractivity (Wildman–Crippen MR) is 137 cm³/mol. The lowest BCUT2D eigenvalue weighted by Crippen LogP contribution is -2.29. The summed E-state index contributed by atoms with van der Waals surface area (Å²) in [6.45, 7) is 6.52. The number of amides is 1. The molecule has 0 fully saturated rings. The Labute approximate surface area is 200 Å². The zero-order valence-corrected chi connectivity index (χ0v) is 20.0. The van der Waals surface area contributed by atoms with Crippen LogP contribution < -0.4 is 10.6 Å². The number of allylic oxidation sites excluding steroid dienone is 2. The average molecular weight is 457 g/mol. The number of nitrogens with one attached hydrogen (secondary N) is 2. The summed E-state index contributed by atoms with van der Waals surface area (Å²) in [5.74, 6) is 0.677. The van der Waals surface area contributed by atoms with Crippen LogP contribution in [0.5, 0.6) is 0 Å². The van der Waals surface area contributed by atoms with Crippen LogP contribution in [0.3, 0.4) is 0 Å². The van der Waals surface area contributed by atoms with Crippen molar-refractivity contribution in [3.63, 3.8) is 0 Å². The zero-order chi connectivity index (χ0) is 23.2. The molecule has 1 aliphatic carbocycles. The van der Waals surface area contributed by atoms with Gasteiger partial charge in [0.05, 0.1) is 6.04 Å². The van der Waals surface area contributed by atoms with E-state index in [9.17, 15) is 4.79 Å². The minimum Gasteiger partial charge on any atom is -0.378 e. The summed E-state index contributed by atoms with van der Waals surface area (Å²) >= 11 is 6.11.